The van der Waals surface area contributed by atoms with E-state index in [0.29, 0.717) is 6.61 Å². The van der Waals surface area contributed by atoms with Crippen LogP contribution in [0.15, 0.2) is 11.6 Å². The summed E-state index contributed by atoms with van der Waals surface area (Å²) in [5.41, 5.74) is 0.327. The lowest BCUT2D eigenvalue weighted by Crippen LogP contribution is -2.63. The molecule has 0 aromatic heterocycles. The highest BCUT2D eigenvalue weighted by atomic mass is 28.4. The fourth-order valence-corrected chi connectivity index (χ4v) is 5.39. The fraction of sp³-hybridized carbons (Fsp3) is 0.842. The van der Waals surface area contributed by atoms with Crippen molar-refractivity contribution >= 4 is 14.3 Å². The summed E-state index contributed by atoms with van der Waals surface area (Å²) in [6, 6.07) is 0. The predicted octanol–water partition coefficient (Wildman–Crippen LogP) is 5.22. The lowest BCUT2D eigenvalue weighted by Gasteiger charge is -2.58. The first-order valence-electron chi connectivity index (χ1n) is 9.10. The van der Waals surface area contributed by atoms with E-state index in [0.717, 1.165) is 24.8 Å². The standard InChI is InChI=1S/C19H34O3Si/c1-8-21-16(20)15-14-18(5)12-10-9-11-13-19(15,18)22-23(6,7)17(2,3)4/h14H,8-13H2,1-7H3/t18-,19-/m0/s1. The summed E-state index contributed by atoms with van der Waals surface area (Å²) in [5, 5.41) is 0.129. The Labute approximate surface area is 142 Å². The van der Waals surface area contributed by atoms with Crippen molar-refractivity contribution in [2.45, 2.75) is 90.5 Å². The van der Waals surface area contributed by atoms with Crippen LogP contribution in [0.4, 0.5) is 0 Å². The average Bonchev–Trinajstić information content (AvgIpc) is 2.51. The lowest BCUT2D eigenvalue weighted by molar-refractivity contribution is -0.146. The van der Waals surface area contributed by atoms with Gasteiger partial charge in [0, 0.05) is 5.41 Å². The number of carbonyl (C=O) groups is 1. The summed E-state index contributed by atoms with van der Waals surface area (Å²) in [4.78, 5) is 12.5. The number of carbonyl (C=O) groups excluding carboxylic acids is 1. The van der Waals surface area contributed by atoms with E-state index in [2.05, 4.69) is 46.9 Å². The zero-order chi connectivity index (χ0) is 17.5. The summed E-state index contributed by atoms with van der Waals surface area (Å²) in [5.74, 6) is -0.175. The van der Waals surface area contributed by atoms with Crippen LogP contribution in [0.2, 0.25) is 18.1 Å². The van der Waals surface area contributed by atoms with Crippen molar-refractivity contribution in [1.82, 2.24) is 0 Å². The summed E-state index contributed by atoms with van der Waals surface area (Å²) in [6.45, 7) is 15.9. The number of rotatable bonds is 4. The Morgan fingerprint density at radius 3 is 2.39 bits per heavy atom. The van der Waals surface area contributed by atoms with Crippen molar-refractivity contribution in [2.24, 2.45) is 5.41 Å². The predicted molar refractivity (Wildman–Crippen MR) is 96.9 cm³/mol. The molecule has 1 saturated carbocycles. The van der Waals surface area contributed by atoms with Gasteiger partial charge < -0.3 is 9.16 Å². The Morgan fingerprint density at radius 2 is 1.83 bits per heavy atom. The molecule has 2 rings (SSSR count). The van der Waals surface area contributed by atoms with E-state index >= 15 is 0 Å². The molecular weight excluding hydrogens is 304 g/mol. The van der Waals surface area contributed by atoms with E-state index in [1.807, 2.05) is 6.92 Å². The first kappa shape index (κ1) is 18.7. The summed E-state index contributed by atoms with van der Waals surface area (Å²) in [6.07, 6.45) is 7.75. The van der Waals surface area contributed by atoms with Crippen LogP contribution in [0.5, 0.6) is 0 Å². The molecule has 0 saturated heterocycles. The molecule has 0 unspecified atom stereocenters. The Morgan fingerprint density at radius 1 is 1.22 bits per heavy atom. The molecule has 0 heterocycles. The summed E-state index contributed by atoms with van der Waals surface area (Å²) in [7, 11) is -1.98. The van der Waals surface area contributed by atoms with Gasteiger partial charge in [-0.15, -0.1) is 0 Å². The van der Waals surface area contributed by atoms with Gasteiger partial charge in [-0.2, -0.15) is 0 Å². The fourth-order valence-electron chi connectivity index (χ4n) is 3.76. The van der Waals surface area contributed by atoms with Gasteiger partial charge >= 0.3 is 5.97 Å². The van der Waals surface area contributed by atoms with Crippen molar-refractivity contribution in [1.29, 1.82) is 0 Å². The van der Waals surface area contributed by atoms with E-state index < -0.39 is 13.9 Å². The van der Waals surface area contributed by atoms with Crippen molar-refractivity contribution in [3.05, 3.63) is 11.6 Å². The third-order valence-corrected chi connectivity index (χ3v) is 10.7. The van der Waals surface area contributed by atoms with Gasteiger partial charge in [0.05, 0.1) is 17.8 Å². The van der Waals surface area contributed by atoms with Gasteiger partial charge in [-0.1, -0.05) is 53.0 Å². The maximum absolute atomic E-state index is 12.5. The van der Waals surface area contributed by atoms with Crippen molar-refractivity contribution in [3.63, 3.8) is 0 Å². The largest absolute Gasteiger partial charge is 0.463 e. The smallest absolute Gasteiger partial charge is 0.336 e. The molecule has 0 aromatic rings. The Bertz CT molecular complexity index is 503. The van der Waals surface area contributed by atoms with Gasteiger partial charge in [0.15, 0.2) is 8.32 Å². The van der Waals surface area contributed by atoms with E-state index in [-0.39, 0.29) is 16.4 Å². The minimum atomic E-state index is -1.98. The molecule has 3 nitrogen and oxygen atoms in total. The van der Waals surface area contributed by atoms with Gasteiger partial charge in [-0.3, -0.25) is 0 Å². The molecule has 2 atom stereocenters. The van der Waals surface area contributed by atoms with E-state index in [4.69, 9.17) is 9.16 Å². The van der Waals surface area contributed by atoms with Gasteiger partial charge in [0.25, 0.3) is 0 Å². The van der Waals surface area contributed by atoms with Crippen LogP contribution in [0.25, 0.3) is 0 Å². The molecule has 132 valence electrons. The second-order valence-electron chi connectivity index (χ2n) is 8.95. The summed E-state index contributed by atoms with van der Waals surface area (Å²) >= 11 is 0. The maximum atomic E-state index is 12.5. The Balaban J connectivity index is 2.42. The number of fused-ring (bicyclic) bond motifs is 1. The normalized spacial score (nSPS) is 31.5. The quantitative estimate of drug-likeness (QED) is 0.521. The molecule has 0 bridgehead atoms. The maximum Gasteiger partial charge on any atom is 0.336 e. The van der Waals surface area contributed by atoms with Crippen LogP contribution >= 0.6 is 0 Å². The molecule has 0 radical (unpaired) electrons. The van der Waals surface area contributed by atoms with E-state index in [9.17, 15) is 4.79 Å². The molecule has 2 aliphatic rings. The number of esters is 1. The molecule has 0 amide bonds. The third-order valence-electron chi connectivity index (χ3n) is 6.28. The first-order valence-corrected chi connectivity index (χ1v) is 12.0. The molecule has 0 aliphatic heterocycles. The number of ether oxygens (including phenoxy) is 1. The monoisotopic (exact) mass is 338 g/mol. The zero-order valence-electron chi connectivity index (χ0n) is 16.0. The van der Waals surface area contributed by atoms with Crippen LogP contribution in [0, 0.1) is 5.41 Å². The Hall–Kier alpha value is -0.613. The molecule has 2 aliphatic carbocycles. The molecule has 1 fully saturated rings. The second-order valence-corrected chi connectivity index (χ2v) is 13.7. The highest BCUT2D eigenvalue weighted by Crippen LogP contribution is 2.60. The highest BCUT2D eigenvalue weighted by molar-refractivity contribution is 6.74. The summed E-state index contributed by atoms with van der Waals surface area (Å²) < 4.78 is 12.3. The molecule has 0 aromatic carbocycles. The van der Waals surface area contributed by atoms with E-state index in [1.54, 1.807) is 0 Å². The van der Waals surface area contributed by atoms with Crippen molar-refractivity contribution < 1.29 is 14.0 Å². The van der Waals surface area contributed by atoms with Gasteiger partial charge in [0.1, 0.15) is 0 Å². The number of hydrogen-bond acceptors (Lipinski definition) is 3. The lowest BCUT2D eigenvalue weighted by atomic mass is 9.57. The van der Waals surface area contributed by atoms with Gasteiger partial charge in [-0.05, 0) is 37.9 Å². The zero-order valence-corrected chi connectivity index (χ0v) is 17.0. The SMILES string of the molecule is CCOC(=O)C1=C[C@]2(C)CCCCC[C@]12O[Si](C)(C)C(C)(C)C. The van der Waals surface area contributed by atoms with Crippen molar-refractivity contribution in [3.8, 4) is 0 Å². The van der Waals surface area contributed by atoms with Crippen LogP contribution in [0.3, 0.4) is 0 Å². The second kappa shape index (κ2) is 6.03. The minimum absolute atomic E-state index is 0.0267. The molecular formula is C19H34O3Si. The minimum Gasteiger partial charge on any atom is -0.463 e. The van der Waals surface area contributed by atoms with E-state index in [1.165, 1.54) is 12.8 Å². The van der Waals surface area contributed by atoms with Crippen LogP contribution in [-0.2, 0) is 14.0 Å². The van der Waals surface area contributed by atoms with Crippen molar-refractivity contribution in [2.75, 3.05) is 6.61 Å². The average molecular weight is 339 g/mol. The van der Waals surface area contributed by atoms with Crippen LogP contribution in [-0.4, -0.2) is 26.5 Å². The number of hydrogen-bond donors (Lipinski definition) is 0. The Kier molecular flexibility index (Phi) is 4.91. The topological polar surface area (TPSA) is 35.5 Å². The van der Waals surface area contributed by atoms with Gasteiger partial charge in [0.2, 0.25) is 0 Å². The first-order chi connectivity index (χ1) is 10.5. The molecule has 0 N–H and O–H groups in total. The van der Waals surface area contributed by atoms with Crippen LogP contribution in [0.1, 0.15) is 66.7 Å². The molecule has 4 heteroatoms. The molecule has 23 heavy (non-hydrogen) atoms. The highest BCUT2D eigenvalue weighted by Gasteiger charge is 2.62. The third kappa shape index (κ3) is 3.04. The van der Waals surface area contributed by atoms with Gasteiger partial charge in [-0.25, -0.2) is 4.79 Å². The molecule has 0 spiro atoms. The van der Waals surface area contributed by atoms with Crippen LogP contribution < -0.4 is 0 Å².